The van der Waals surface area contributed by atoms with Crippen LogP contribution in [0.1, 0.15) is 34.0 Å². The largest absolute Gasteiger partial charge is 0.392 e. The highest BCUT2D eigenvalue weighted by Gasteiger charge is 2.11. The fourth-order valence-electron chi connectivity index (χ4n) is 2.20. The first kappa shape index (κ1) is 15.7. The van der Waals surface area contributed by atoms with Crippen LogP contribution in [0, 0.1) is 20.8 Å². The summed E-state index contributed by atoms with van der Waals surface area (Å²) in [4.78, 5) is 12.1. The number of nitrogens with one attached hydrogen (secondary N) is 2. The van der Waals surface area contributed by atoms with Crippen molar-refractivity contribution in [3.63, 3.8) is 0 Å². The van der Waals surface area contributed by atoms with Gasteiger partial charge in [0.25, 0.3) is 5.91 Å². The van der Waals surface area contributed by atoms with Crippen molar-refractivity contribution in [1.29, 1.82) is 0 Å². The van der Waals surface area contributed by atoms with Crippen molar-refractivity contribution in [2.45, 2.75) is 33.8 Å². The zero-order valence-corrected chi connectivity index (χ0v) is 12.2. The molecular formula is C15H24N2O2. The van der Waals surface area contributed by atoms with Crippen LogP contribution in [-0.4, -0.2) is 36.8 Å². The molecule has 0 bridgehead atoms. The normalized spacial score (nSPS) is 12.3. The summed E-state index contributed by atoms with van der Waals surface area (Å²) in [5, 5.41) is 15.0. The lowest BCUT2D eigenvalue weighted by atomic mass is 9.99. The molecule has 0 spiro atoms. The number of carbonyl (C=O) groups excluding carboxylic acids is 1. The summed E-state index contributed by atoms with van der Waals surface area (Å²) in [5.74, 6) is -0.0335. The third kappa shape index (κ3) is 5.01. The average molecular weight is 264 g/mol. The molecule has 1 rings (SSSR count). The maximum atomic E-state index is 12.1. The first-order valence-corrected chi connectivity index (χ1v) is 6.66. The van der Waals surface area contributed by atoms with E-state index in [0.29, 0.717) is 19.6 Å². The molecule has 4 heteroatoms. The van der Waals surface area contributed by atoms with Gasteiger partial charge in [0.2, 0.25) is 0 Å². The number of amides is 1. The molecule has 0 aliphatic rings. The van der Waals surface area contributed by atoms with E-state index in [9.17, 15) is 4.79 Å². The molecule has 0 fully saturated rings. The molecule has 0 radical (unpaired) electrons. The van der Waals surface area contributed by atoms with Crippen molar-refractivity contribution in [2.75, 3.05) is 19.6 Å². The topological polar surface area (TPSA) is 61.4 Å². The lowest BCUT2D eigenvalue weighted by molar-refractivity contribution is 0.0952. The smallest absolute Gasteiger partial charge is 0.251 e. The van der Waals surface area contributed by atoms with Crippen LogP contribution in [0.2, 0.25) is 0 Å². The first-order valence-electron chi connectivity index (χ1n) is 6.66. The van der Waals surface area contributed by atoms with Gasteiger partial charge in [-0.1, -0.05) is 17.7 Å². The van der Waals surface area contributed by atoms with Crippen LogP contribution in [-0.2, 0) is 0 Å². The van der Waals surface area contributed by atoms with Crippen molar-refractivity contribution >= 4 is 5.91 Å². The third-order valence-electron chi connectivity index (χ3n) is 2.93. The Labute approximate surface area is 115 Å². The molecule has 0 saturated carbocycles. The van der Waals surface area contributed by atoms with Crippen molar-refractivity contribution in [1.82, 2.24) is 10.6 Å². The minimum Gasteiger partial charge on any atom is -0.392 e. The van der Waals surface area contributed by atoms with E-state index in [1.807, 2.05) is 32.9 Å². The molecule has 0 aliphatic heterocycles. The van der Waals surface area contributed by atoms with Gasteiger partial charge >= 0.3 is 0 Å². The third-order valence-corrected chi connectivity index (χ3v) is 2.93. The highest BCUT2D eigenvalue weighted by molar-refractivity contribution is 5.97. The lowest BCUT2D eigenvalue weighted by Gasteiger charge is -2.12. The average Bonchev–Trinajstić information content (AvgIpc) is 2.26. The Bertz CT molecular complexity index is 419. The molecule has 3 N–H and O–H groups in total. The highest BCUT2D eigenvalue weighted by atomic mass is 16.3. The second kappa shape index (κ2) is 7.26. The SMILES string of the molecule is Cc1cc(C)c(C(=O)NCCNCC(C)O)c(C)c1. The van der Waals surface area contributed by atoms with Gasteiger partial charge in [-0.2, -0.15) is 0 Å². The summed E-state index contributed by atoms with van der Waals surface area (Å²) < 4.78 is 0. The fraction of sp³-hybridized carbons (Fsp3) is 0.533. The number of aliphatic hydroxyl groups is 1. The molecule has 0 aliphatic carbocycles. The zero-order valence-electron chi connectivity index (χ0n) is 12.2. The minimum atomic E-state index is -0.364. The van der Waals surface area contributed by atoms with Crippen LogP contribution in [0.15, 0.2) is 12.1 Å². The van der Waals surface area contributed by atoms with E-state index in [2.05, 4.69) is 10.6 Å². The number of aryl methyl sites for hydroxylation is 3. The molecule has 1 amide bonds. The number of hydrogen-bond donors (Lipinski definition) is 3. The van der Waals surface area contributed by atoms with Gasteiger partial charge in [0, 0.05) is 25.2 Å². The number of hydrogen-bond acceptors (Lipinski definition) is 3. The Hall–Kier alpha value is -1.39. The first-order chi connectivity index (χ1) is 8.91. The molecular weight excluding hydrogens is 240 g/mol. The van der Waals surface area contributed by atoms with Gasteiger partial charge in [0.1, 0.15) is 0 Å². The van der Waals surface area contributed by atoms with Gasteiger partial charge in [-0.15, -0.1) is 0 Å². The summed E-state index contributed by atoms with van der Waals surface area (Å²) in [5.41, 5.74) is 3.95. The Kier molecular flexibility index (Phi) is 5.99. The lowest BCUT2D eigenvalue weighted by Crippen LogP contribution is -2.35. The van der Waals surface area contributed by atoms with E-state index in [1.165, 1.54) is 5.56 Å². The predicted octanol–water partition coefficient (Wildman–Crippen LogP) is 1.31. The molecule has 1 unspecified atom stereocenters. The maximum absolute atomic E-state index is 12.1. The van der Waals surface area contributed by atoms with E-state index in [0.717, 1.165) is 16.7 Å². The van der Waals surface area contributed by atoms with Crippen LogP contribution in [0.25, 0.3) is 0 Å². The molecule has 0 aromatic heterocycles. The van der Waals surface area contributed by atoms with E-state index < -0.39 is 0 Å². The summed E-state index contributed by atoms with van der Waals surface area (Å²) in [6.45, 7) is 9.42. The predicted molar refractivity (Wildman–Crippen MR) is 77.5 cm³/mol. The van der Waals surface area contributed by atoms with Crippen LogP contribution >= 0.6 is 0 Å². The number of carbonyl (C=O) groups is 1. The van der Waals surface area contributed by atoms with E-state index in [1.54, 1.807) is 6.92 Å². The Morgan fingerprint density at radius 3 is 2.32 bits per heavy atom. The van der Waals surface area contributed by atoms with Gasteiger partial charge in [0.15, 0.2) is 0 Å². The monoisotopic (exact) mass is 264 g/mol. The summed E-state index contributed by atoms with van der Waals surface area (Å²) in [6, 6.07) is 4.04. The molecule has 1 aromatic rings. The van der Waals surface area contributed by atoms with Crippen LogP contribution < -0.4 is 10.6 Å². The summed E-state index contributed by atoms with van der Waals surface area (Å²) in [6.07, 6.45) is -0.364. The molecule has 0 heterocycles. The van der Waals surface area contributed by atoms with Crippen molar-refractivity contribution in [3.05, 3.63) is 34.4 Å². The van der Waals surface area contributed by atoms with E-state index in [4.69, 9.17) is 5.11 Å². The number of benzene rings is 1. The van der Waals surface area contributed by atoms with Gasteiger partial charge in [-0.25, -0.2) is 0 Å². The van der Waals surface area contributed by atoms with Gasteiger partial charge in [-0.3, -0.25) is 4.79 Å². The summed E-state index contributed by atoms with van der Waals surface area (Å²) in [7, 11) is 0. The maximum Gasteiger partial charge on any atom is 0.251 e. The second-order valence-electron chi connectivity index (χ2n) is 5.08. The highest BCUT2D eigenvalue weighted by Crippen LogP contribution is 2.15. The van der Waals surface area contributed by atoms with Crippen LogP contribution in [0.4, 0.5) is 0 Å². The van der Waals surface area contributed by atoms with Crippen LogP contribution in [0.3, 0.4) is 0 Å². The Morgan fingerprint density at radius 1 is 1.21 bits per heavy atom. The van der Waals surface area contributed by atoms with Gasteiger partial charge < -0.3 is 15.7 Å². The quantitative estimate of drug-likeness (QED) is 0.679. The molecule has 19 heavy (non-hydrogen) atoms. The second-order valence-corrected chi connectivity index (χ2v) is 5.08. The zero-order chi connectivity index (χ0) is 14.4. The summed E-state index contributed by atoms with van der Waals surface area (Å²) >= 11 is 0. The van der Waals surface area contributed by atoms with E-state index >= 15 is 0 Å². The molecule has 1 aromatic carbocycles. The van der Waals surface area contributed by atoms with Crippen molar-refractivity contribution in [3.8, 4) is 0 Å². The molecule has 4 nitrogen and oxygen atoms in total. The van der Waals surface area contributed by atoms with Crippen molar-refractivity contribution < 1.29 is 9.90 Å². The standard InChI is InChI=1S/C15H24N2O2/c1-10-7-11(2)14(12(3)8-10)15(19)17-6-5-16-9-13(4)18/h7-8,13,16,18H,5-6,9H2,1-4H3,(H,17,19). The molecule has 0 saturated heterocycles. The van der Waals surface area contributed by atoms with Crippen molar-refractivity contribution in [2.24, 2.45) is 0 Å². The molecule has 106 valence electrons. The fourth-order valence-corrected chi connectivity index (χ4v) is 2.20. The minimum absolute atomic E-state index is 0.0335. The Balaban J connectivity index is 2.50. The van der Waals surface area contributed by atoms with Gasteiger partial charge in [0.05, 0.1) is 6.10 Å². The van der Waals surface area contributed by atoms with E-state index in [-0.39, 0.29) is 12.0 Å². The number of rotatable bonds is 6. The Morgan fingerprint density at radius 2 is 1.79 bits per heavy atom. The van der Waals surface area contributed by atoms with Gasteiger partial charge in [-0.05, 0) is 38.8 Å². The molecule has 1 atom stereocenters. The number of aliphatic hydroxyl groups excluding tert-OH is 1. The van der Waals surface area contributed by atoms with Crippen LogP contribution in [0.5, 0.6) is 0 Å².